The van der Waals surface area contributed by atoms with Gasteiger partial charge in [-0.3, -0.25) is 19.4 Å². The van der Waals surface area contributed by atoms with E-state index in [2.05, 4.69) is 30.8 Å². The summed E-state index contributed by atoms with van der Waals surface area (Å²) in [5.41, 5.74) is 8.45. The first kappa shape index (κ1) is 22.5. The van der Waals surface area contributed by atoms with Crippen LogP contribution in [0.4, 0.5) is 11.5 Å². The minimum atomic E-state index is -0.137. The molecule has 2 saturated heterocycles. The van der Waals surface area contributed by atoms with E-state index in [0.29, 0.717) is 54.5 Å². The van der Waals surface area contributed by atoms with Gasteiger partial charge in [0.2, 0.25) is 5.91 Å². The van der Waals surface area contributed by atoms with Crippen molar-refractivity contribution >= 4 is 23.5 Å². The standard InChI is InChI=1S/C23H28N8O2/c1-2-16-14-26-20(28-23(16)33)12-17(25)15-29-8-10-30(11-9-29)19-5-6-21(27-18(19)13-24)31-7-3-4-22(31)32/h5-6,12,14H,2-4,7-11,15,25H2,1H3,(H,26,28,33)/b17-12-. The second-order valence-electron chi connectivity index (χ2n) is 8.26. The highest BCUT2D eigenvalue weighted by Crippen LogP contribution is 2.26. The van der Waals surface area contributed by atoms with Crippen molar-refractivity contribution in [3.05, 3.63) is 51.5 Å². The third kappa shape index (κ3) is 5.04. The molecular weight excluding hydrogens is 420 g/mol. The number of carbonyl (C=O) groups is 1. The SMILES string of the molecule is CCc1cnc(/C=C(\N)CN2CCN(c3ccc(N4CCCC4=O)nc3C#N)CC2)[nH]c1=O. The molecule has 3 N–H and O–H groups in total. The van der Waals surface area contributed by atoms with Gasteiger partial charge in [-0.25, -0.2) is 9.97 Å². The molecule has 0 spiro atoms. The Balaban J connectivity index is 1.37. The topological polar surface area (TPSA) is 135 Å². The van der Waals surface area contributed by atoms with E-state index >= 15 is 0 Å². The number of piperazine rings is 1. The molecule has 0 bridgehead atoms. The number of H-pyrrole nitrogens is 1. The van der Waals surface area contributed by atoms with E-state index in [-0.39, 0.29) is 11.5 Å². The van der Waals surface area contributed by atoms with Crippen LogP contribution in [0, 0.1) is 11.3 Å². The van der Waals surface area contributed by atoms with Gasteiger partial charge in [0.05, 0.1) is 5.69 Å². The lowest BCUT2D eigenvalue weighted by atomic mass is 10.2. The summed E-state index contributed by atoms with van der Waals surface area (Å²) in [6, 6.07) is 5.90. The Kier molecular flexibility index (Phi) is 6.70. The van der Waals surface area contributed by atoms with Crippen molar-refractivity contribution in [3.8, 4) is 6.07 Å². The molecule has 10 nitrogen and oxygen atoms in total. The molecule has 2 aliphatic rings. The highest BCUT2D eigenvalue weighted by Gasteiger charge is 2.25. The Morgan fingerprint density at radius 2 is 2.03 bits per heavy atom. The molecule has 0 unspecified atom stereocenters. The Labute approximate surface area is 192 Å². The molecule has 0 atom stereocenters. The number of aromatic nitrogens is 3. The Morgan fingerprint density at radius 3 is 2.67 bits per heavy atom. The fraction of sp³-hybridized carbons (Fsp3) is 0.435. The lowest BCUT2D eigenvalue weighted by molar-refractivity contribution is -0.117. The number of hydrogen-bond donors (Lipinski definition) is 2. The van der Waals surface area contributed by atoms with Gasteiger partial charge in [0.25, 0.3) is 5.56 Å². The number of carbonyl (C=O) groups excluding carboxylic acids is 1. The first-order chi connectivity index (χ1) is 16.0. The number of nitrogens with zero attached hydrogens (tertiary/aromatic N) is 6. The normalized spacial score (nSPS) is 17.5. The van der Waals surface area contributed by atoms with Gasteiger partial charge in [-0.15, -0.1) is 0 Å². The molecular formula is C23H28N8O2. The van der Waals surface area contributed by atoms with Crippen molar-refractivity contribution in [3.63, 3.8) is 0 Å². The Bertz CT molecular complexity index is 1160. The maximum Gasteiger partial charge on any atom is 0.254 e. The molecule has 2 aromatic heterocycles. The van der Waals surface area contributed by atoms with Crippen LogP contribution in [-0.2, 0) is 11.2 Å². The fourth-order valence-electron chi connectivity index (χ4n) is 4.21. The fourth-order valence-corrected chi connectivity index (χ4v) is 4.21. The summed E-state index contributed by atoms with van der Waals surface area (Å²) in [5.74, 6) is 1.06. The minimum absolute atomic E-state index is 0.0546. The molecule has 10 heteroatoms. The van der Waals surface area contributed by atoms with E-state index in [0.717, 1.165) is 38.3 Å². The number of aromatic amines is 1. The van der Waals surface area contributed by atoms with Gasteiger partial charge in [0.15, 0.2) is 5.69 Å². The molecule has 2 aromatic rings. The van der Waals surface area contributed by atoms with Crippen molar-refractivity contribution in [1.29, 1.82) is 5.26 Å². The van der Waals surface area contributed by atoms with Gasteiger partial charge in [-0.2, -0.15) is 5.26 Å². The summed E-state index contributed by atoms with van der Waals surface area (Å²) in [4.78, 5) is 41.4. The number of hydrogen-bond acceptors (Lipinski definition) is 8. The van der Waals surface area contributed by atoms with E-state index in [9.17, 15) is 14.9 Å². The number of nitriles is 1. The first-order valence-corrected chi connectivity index (χ1v) is 11.2. The zero-order valence-electron chi connectivity index (χ0n) is 18.8. The Morgan fingerprint density at radius 1 is 1.24 bits per heavy atom. The zero-order valence-corrected chi connectivity index (χ0v) is 18.8. The van der Waals surface area contributed by atoms with Crippen molar-refractivity contribution < 1.29 is 4.79 Å². The number of amides is 1. The van der Waals surface area contributed by atoms with Gasteiger partial charge in [-0.05, 0) is 25.0 Å². The predicted molar refractivity (Wildman–Crippen MR) is 126 cm³/mol. The largest absolute Gasteiger partial charge is 0.401 e. The lowest BCUT2D eigenvalue weighted by Gasteiger charge is -2.36. The lowest BCUT2D eigenvalue weighted by Crippen LogP contribution is -2.47. The summed E-state index contributed by atoms with van der Waals surface area (Å²) >= 11 is 0. The summed E-state index contributed by atoms with van der Waals surface area (Å²) in [6.07, 6.45) is 5.26. The molecule has 2 aliphatic heterocycles. The molecule has 4 heterocycles. The van der Waals surface area contributed by atoms with Crippen LogP contribution in [-0.4, -0.2) is 65.0 Å². The second kappa shape index (κ2) is 9.83. The summed E-state index contributed by atoms with van der Waals surface area (Å²) in [5, 5.41) is 9.64. The van der Waals surface area contributed by atoms with Crippen LogP contribution < -0.4 is 21.1 Å². The average molecular weight is 449 g/mol. The van der Waals surface area contributed by atoms with Crippen LogP contribution in [0.15, 0.2) is 28.8 Å². The molecule has 2 fully saturated rings. The molecule has 1 amide bonds. The quantitative estimate of drug-likeness (QED) is 0.664. The van der Waals surface area contributed by atoms with E-state index in [1.807, 2.05) is 19.1 Å². The highest BCUT2D eigenvalue weighted by atomic mass is 16.2. The van der Waals surface area contributed by atoms with E-state index < -0.39 is 0 Å². The van der Waals surface area contributed by atoms with Crippen LogP contribution in [0.5, 0.6) is 0 Å². The summed E-state index contributed by atoms with van der Waals surface area (Å²) in [6.45, 7) is 6.11. The highest BCUT2D eigenvalue weighted by molar-refractivity contribution is 5.94. The number of nitrogens with two attached hydrogens (primary N) is 1. The maximum atomic E-state index is 12.0. The third-order valence-corrected chi connectivity index (χ3v) is 6.03. The van der Waals surface area contributed by atoms with Crippen molar-refractivity contribution in [2.24, 2.45) is 5.73 Å². The average Bonchev–Trinajstić information content (AvgIpc) is 3.25. The molecule has 172 valence electrons. The van der Waals surface area contributed by atoms with Crippen molar-refractivity contribution in [2.45, 2.75) is 26.2 Å². The molecule has 0 radical (unpaired) electrons. The van der Waals surface area contributed by atoms with Gasteiger partial charge in [-0.1, -0.05) is 6.92 Å². The first-order valence-electron chi connectivity index (χ1n) is 11.2. The van der Waals surface area contributed by atoms with Gasteiger partial charge in [0.1, 0.15) is 17.7 Å². The molecule has 0 aliphatic carbocycles. The predicted octanol–water partition coefficient (Wildman–Crippen LogP) is 0.848. The number of nitrogens with one attached hydrogen (secondary N) is 1. The Hall–Kier alpha value is -3.71. The second-order valence-corrected chi connectivity index (χ2v) is 8.26. The molecule has 0 aromatic carbocycles. The van der Waals surface area contributed by atoms with Crippen LogP contribution in [0.3, 0.4) is 0 Å². The maximum absolute atomic E-state index is 12.0. The van der Waals surface area contributed by atoms with Crippen LogP contribution in [0.25, 0.3) is 6.08 Å². The monoisotopic (exact) mass is 448 g/mol. The smallest absolute Gasteiger partial charge is 0.254 e. The number of rotatable bonds is 6. The number of anilines is 2. The van der Waals surface area contributed by atoms with E-state index in [1.165, 1.54) is 0 Å². The third-order valence-electron chi connectivity index (χ3n) is 6.03. The summed E-state index contributed by atoms with van der Waals surface area (Å²) < 4.78 is 0. The van der Waals surface area contributed by atoms with Crippen LogP contribution in [0.2, 0.25) is 0 Å². The molecule has 4 rings (SSSR count). The van der Waals surface area contributed by atoms with Gasteiger partial charge in [0, 0.05) is 69.2 Å². The molecule has 0 saturated carbocycles. The number of pyridine rings is 1. The van der Waals surface area contributed by atoms with Gasteiger partial charge < -0.3 is 15.6 Å². The minimum Gasteiger partial charge on any atom is -0.401 e. The molecule has 33 heavy (non-hydrogen) atoms. The van der Waals surface area contributed by atoms with Crippen LogP contribution in [0.1, 0.15) is 36.8 Å². The van der Waals surface area contributed by atoms with E-state index in [1.54, 1.807) is 17.2 Å². The van der Waals surface area contributed by atoms with Crippen LogP contribution >= 0.6 is 0 Å². The van der Waals surface area contributed by atoms with Gasteiger partial charge >= 0.3 is 0 Å². The number of aryl methyl sites for hydroxylation is 1. The van der Waals surface area contributed by atoms with Crippen molar-refractivity contribution in [2.75, 3.05) is 49.1 Å². The van der Waals surface area contributed by atoms with Crippen molar-refractivity contribution in [1.82, 2.24) is 19.9 Å². The zero-order chi connectivity index (χ0) is 23.4. The van der Waals surface area contributed by atoms with E-state index in [4.69, 9.17) is 5.73 Å². The summed E-state index contributed by atoms with van der Waals surface area (Å²) in [7, 11) is 0.